The van der Waals surface area contributed by atoms with Gasteiger partial charge in [-0.2, -0.15) is 0 Å². The van der Waals surface area contributed by atoms with Crippen molar-refractivity contribution in [1.29, 1.82) is 0 Å². The third kappa shape index (κ3) is 3.16. The lowest BCUT2D eigenvalue weighted by molar-refractivity contribution is 0.102. The van der Waals surface area contributed by atoms with E-state index >= 15 is 0 Å². The second kappa shape index (κ2) is 6.12. The number of amides is 1. The van der Waals surface area contributed by atoms with Gasteiger partial charge in [0.1, 0.15) is 0 Å². The third-order valence-corrected chi connectivity index (χ3v) is 4.74. The van der Waals surface area contributed by atoms with Crippen LogP contribution in [-0.4, -0.2) is 10.9 Å². The molecule has 2 aromatic heterocycles. The monoisotopic (exact) mass is 356 g/mol. The number of hydrogen-bond donors (Lipinski definition) is 1. The molecule has 0 aliphatic heterocycles. The van der Waals surface area contributed by atoms with Crippen molar-refractivity contribution < 1.29 is 13.6 Å². The summed E-state index contributed by atoms with van der Waals surface area (Å²) in [4.78, 5) is 17.1. The molecule has 0 saturated carbocycles. The highest BCUT2D eigenvalue weighted by Gasteiger charge is 2.13. The highest BCUT2D eigenvalue weighted by Crippen LogP contribution is 2.32. The molecule has 0 aliphatic rings. The predicted molar refractivity (Wildman–Crippen MR) is 84.7 cm³/mol. The van der Waals surface area contributed by atoms with E-state index in [0.717, 1.165) is 17.0 Å². The molecule has 3 aromatic rings. The molecule has 3 nitrogen and oxygen atoms in total. The highest BCUT2D eigenvalue weighted by atomic mass is 35.5. The zero-order chi connectivity index (χ0) is 15.7. The summed E-state index contributed by atoms with van der Waals surface area (Å²) in [6.07, 6.45) is 0. The van der Waals surface area contributed by atoms with Crippen LogP contribution in [0, 0.1) is 11.6 Å². The second-order valence-electron chi connectivity index (χ2n) is 4.22. The van der Waals surface area contributed by atoms with Crippen LogP contribution in [0.2, 0.25) is 4.34 Å². The number of nitrogens with one attached hydrogen (secondary N) is 1. The molecular weight excluding hydrogens is 350 g/mol. The van der Waals surface area contributed by atoms with Gasteiger partial charge in [-0.1, -0.05) is 11.6 Å². The molecule has 1 amide bonds. The van der Waals surface area contributed by atoms with E-state index in [0.29, 0.717) is 15.2 Å². The lowest BCUT2D eigenvalue weighted by Crippen LogP contribution is -2.12. The molecule has 0 bridgehead atoms. The van der Waals surface area contributed by atoms with Gasteiger partial charge in [0.25, 0.3) is 5.91 Å². The zero-order valence-electron chi connectivity index (χ0n) is 10.8. The number of anilines is 1. The Morgan fingerprint density at radius 1 is 1.18 bits per heavy atom. The first kappa shape index (κ1) is 15.1. The van der Waals surface area contributed by atoms with E-state index in [4.69, 9.17) is 11.6 Å². The Morgan fingerprint density at radius 3 is 2.68 bits per heavy atom. The SMILES string of the molecule is O=C(Nc1nc(-c2ccc(Cl)s2)cs1)c1ccc(F)c(F)c1. The van der Waals surface area contributed by atoms with E-state index < -0.39 is 17.5 Å². The van der Waals surface area contributed by atoms with Crippen LogP contribution in [0.25, 0.3) is 10.6 Å². The first-order valence-corrected chi connectivity index (χ1v) is 8.08. The number of hydrogen-bond acceptors (Lipinski definition) is 4. The smallest absolute Gasteiger partial charge is 0.257 e. The minimum Gasteiger partial charge on any atom is -0.298 e. The summed E-state index contributed by atoms with van der Waals surface area (Å²) in [6, 6.07) is 6.56. The number of carbonyl (C=O) groups excluding carboxylic acids is 1. The van der Waals surface area contributed by atoms with Gasteiger partial charge in [-0.3, -0.25) is 10.1 Å². The van der Waals surface area contributed by atoms with E-state index in [9.17, 15) is 13.6 Å². The van der Waals surface area contributed by atoms with Crippen molar-refractivity contribution in [2.24, 2.45) is 0 Å². The number of thiazole rings is 1. The van der Waals surface area contributed by atoms with Crippen molar-refractivity contribution in [3.63, 3.8) is 0 Å². The van der Waals surface area contributed by atoms with Gasteiger partial charge < -0.3 is 0 Å². The quantitative estimate of drug-likeness (QED) is 0.713. The third-order valence-electron chi connectivity index (χ3n) is 2.73. The number of rotatable bonds is 3. The molecule has 8 heteroatoms. The number of benzene rings is 1. The summed E-state index contributed by atoms with van der Waals surface area (Å²) in [7, 11) is 0. The zero-order valence-corrected chi connectivity index (χ0v) is 13.2. The van der Waals surface area contributed by atoms with Gasteiger partial charge in [-0.25, -0.2) is 13.8 Å². The van der Waals surface area contributed by atoms with Crippen molar-refractivity contribution in [3.8, 4) is 10.6 Å². The maximum absolute atomic E-state index is 13.1. The number of nitrogens with zero attached hydrogens (tertiary/aromatic N) is 1. The number of halogens is 3. The van der Waals surface area contributed by atoms with Gasteiger partial charge in [-0.15, -0.1) is 22.7 Å². The highest BCUT2D eigenvalue weighted by molar-refractivity contribution is 7.20. The predicted octanol–water partition coefficient (Wildman–Crippen LogP) is 5.06. The van der Waals surface area contributed by atoms with Crippen LogP contribution >= 0.6 is 34.3 Å². The van der Waals surface area contributed by atoms with Crippen molar-refractivity contribution in [1.82, 2.24) is 4.98 Å². The summed E-state index contributed by atoms with van der Waals surface area (Å²) >= 11 is 8.48. The van der Waals surface area contributed by atoms with Crippen molar-refractivity contribution in [3.05, 3.63) is 57.2 Å². The number of thiophene rings is 1. The number of aromatic nitrogens is 1. The van der Waals surface area contributed by atoms with Crippen molar-refractivity contribution in [2.45, 2.75) is 0 Å². The molecule has 112 valence electrons. The fraction of sp³-hybridized carbons (Fsp3) is 0. The Balaban J connectivity index is 1.77. The van der Waals surface area contributed by atoms with E-state index in [1.165, 1.54) is 28.7 Å². The molecule has 0 unspecified atom stereocenters. The normalized spacial score (nSPS) is 10.7. The van der Waals surface area contributed by atoms with Gasteiger partial charge in [0.2, 0.25) is 0 Å². The van der Waals surface area contributed by atoms with Crippen LogP contribution in [0.1, 0.15) is 10.4 Å². The van der Waals surface area contributed by atoms with Crippen LogP contribution in [0.5, 0.6) is 0 Å². The summed E-state index contributed by atoms with van der Waals surface area (Å²) in [5.74, 6) is -2.62. The largest absolute Gasteiger partial charge is 0.298 e. The summed E-state index contributed by atoms with van der Waals surface area (Å²) < 4.78 is 26.6. The average molecular weight is 357 g/mol. The van der Waals surface area contributed by atoms with E-state index in [1.54, 1.807) is 11.4 Å². The van der Waals surface area contributed by atoms with Crippen LogP contribution in [0.4, 0.5) is 13.9 Å². The molecule has 1 N–H and O–H groups in total. The minimum atomic E-state index is -1.07. The number of carbonyl (C=O) groups is 1. The van der Waals surface area contributed by atoms with E-state index in [2.05, 4.69) is 10.3 Å². The van der Waals surface area contributed by atoms with E-state index in [1.807, 2.05) is 6.07 Å². The Hall–Kier alpha value is -1.83. The molecule has 0 spiro atoms. The Morgan fingerprint density at radius 2 is 2.00 bits per heavy atom. The topological polar surface area (TPSA) is 42.0 Å². The molecule has 0 saturated heterocycles. The van der Waals surface area contributed by atoms with Crippen LogP contribution in [-0.2, 0) is 0 Å². The van der Waals surface area contributed by atoms with Crippen molar-refractivity contribution in [2.75, 3.05) is 5.32 Å². The fourth-order valence-corrected chi connectivity index (χ4v) is 3.49. The van der Waals surface area contributed by atoms with Gasteiger partial charge in [0.05, 0.1) is 14.9 Å². The van der Waals surface area contributed by atoms with Crippen LogP contribution < -0.4 is 5.32 Å². The van der Waals surface area contributed by atoms with Crippen LogP contribution in [0.3, 0.4) is 0 Å². The first-order valence-electron chi connectivity index (χ1n) is 6.00. The summed E-state index contributed by atoms with van der Waals surface area (Å²) in [6.45, 7) is 0. The molecule has 0 fully saturated rings. The van der Waals surface area contributed by atoms with Gasteiger partial charge in [0, 0.05) is 10.9 Å². The van der Waals surface area contributed by atoms with Gasteiger partial charge in [0.15, 0.2) is 16.8 Å². The molecule has 0 radical (unpaired) electrons. The maximum atomic E-state index is 13.1. The Labute approximate surface area is 137 Å². The molecule has 22 heavy (non-hydrogen) atoms. The fourth-order valence-electron chi connectivity index (χ4n) is 1.70. The van der Waals surface area contributed by atoms with E-state index in [-0.39, 0.29) is 5.56 Å². The second-order valence-corrected chi connectivity index (χ2v) is 6.80. The molecular formula is C14H7ClF2N2OS2. The molecule has 3 rings (SSSR count). The molecule has 2 heterocycles. The molecule has 0 atom stereocenters. The van der Waals surface area contributed by atoms with Gasteiger partial charge in [-0.05, 0) is 30.3 Å². The van der Waals surface area contributed by atoms with Crippen molar-refractivity contribution >= 4 is 45.3 Å². The average Bonchev–Trinajstić information content (AvgIpc) is 3.10. The maximum Gasteiger partial charge on any atom is 0.257 e. The molecule has 1 aromatic carbocycles. The lowest BCUT2D eigenvalue weighted by atomic mass is 10.2. The minimum absolute atomic E-state index is 0.0230. The summed E-state index contributed by atoms with van der Waals surface area (Å²) in [5, 5.41) is 4.70. The lowest BCUT2D eigenvalue weighted by Gasteiger charge is -2.02. The summed E-state index contributed by atoms with van der Waals surface area (Å²) in [5.41, 5.74) is 0.720. The Kier molecular flexibility index (Phi) is 4.19. The Bertz CT molecular complexity index is 847. The van der Waals surface area contributed by atoms with Gasteiger partial charge >= 0.3 is 0 Å². The first-order chi connectivity index (χ1) is 10.5. The van der Waals surface area contributed by atoms with Crippen LogP contribution in [0.15, 0.2) is 35.7 Å². The standard InChI is InChI=1S/C14H7ClF2N2OS2/c15-12-4-3-11(22-12)10-6-21-14(18-10)19-13(20)7-1-2-8(16)9(17)5-7/h1-6H,(H,18,19,20). The molecule has 0 aliphatic carbocycles.